The van der Waals surface area contributed by atoms with Crippen LogP contribution >= 0.6 is 0 Å². The predicted molar refractivity (Wildman–Crippen MR) is 107 cm³/mol. The fourth-order valence-electron chi connectivity index (χ4n) is 4.03. The smallest absolute Gasteiger partial charge is 0.262 e. The van der Waals surface area contributed by atoms with E-state index >= 15 is 0 Å². The van der Waals surface area contributed by atoms with Crippen molar-refractivity contribution in [2.24, 2.45) is 0 Å². The third-order valence-corrected chi connectivity index (χ3v) is 6.69. The van der Waals surface area contributed by atoms with Gasteiger partial charge in [-0.25, -0.2) is 13.4 Å². The summed E-state index contributed by atoms with van der Waals surface area (Å²) in [5.41, 5.74) is 5.12. The summed E-state index contributed by atoms with van der Waals surface area (Å²) < 4.78 is 31.0. The van der Waals surface area contributed by atoms with Gasteiger partial charge in [0, 0.05) is 24.2 Å². The van der Waals surface area contributed by atoms with E-state index in [0.717, 1.165) is 53.2 Å². The van der Waals surface area contributed by atoms with E-state index in [-0.39, 0.29) is 0 Å². The summed E-state index contributed by atoms with van der Waals surface area (Å²) >= 11 is 0. The zero-order valence-corrected chi connectivity index (χ0v) is 16.6. The molecule has 0 saturated carbocycles. The molecule has 0 aliphatic carbocycles. The van der Waals surface area contributed by atoms with Crippen LogP contribution in [0.2, 0.25) is 0 Å². The quantitative estimate of drug-likeness (QED) is 0.736. The van der Waals surface area contributed by atoms with Crippen LogP contribution < -0.4 is 4.72 Å². The fraction of sp³-hybridized carbons (Fsp3) is 0.286. The number of aromatic nitrogens is 2. The molecule has 0 unspecified atom stereocenters. The molecule has 1 aliphatic heterocycles. The zero-order valence-electron chi connectivity index (χ0n) is 15.8. The Bertz CT molecular complexity index is 1110. The Labute approximate surface area is 160 Å². The van der Waals surface area contributed by atoms with Gasteiger partial charge in [0.2, 0.25) is 0 Å². The molecule has 3 aromatic rings. The van der Waals surface area contributed by atoms with Crippen LogP contribution in [-0.4, -0.2) is 18.0 Å². The third-order valence-electron chi connectivity index (χ3n) is 5.00. The highest BCUT2D eigenvalue weighted by Gasteiger charge is 2.21. The minimum Gasteiger partial charge on any atom is -0.328 e. The van der Waals surface area contributed by atoms with Gasteiger partial charge in [-0.2, -0.15) is 0 Å². The normalized spacial score (nSPS) is 13.6. The summed E-state index contributed by atoms with van der Waals surface area (Å²) in [4.78, 5) is 4.83. The second-order valence-corrected chi connectivity index (χ2v) is 8.85. The van der Waals surface area contributed by atoms with Gasteiger partial charge in [0.25, 0.3) is 10.0 Å². The number of imidazole rings is 1. The van der Waals surface area contributed by atoms with Gasteiger partial charge < -0.3 is 4.57 Å². The molecule has 1 aliphatic rings. The SMILES string of the molecule is Cc1cc(C)c(S(=O)(=O)Nc2cccc(-c3cnc4n3CCC4)c2)c(C)c1. The molecule has 0 spiro atoms. The second-order valence-electron chi connectivity index (χ2n) is 7.23. The van der Waals surface area contributed by atoms with Gasteiger partial charge in [0.15, 0.2) is 0 Å². The molecule has 0 atom stereocenters. The lowest BCUT2D eigenvalue weighted by Gasteiger charge is -2.14. The van der Waals surface area contributed by atoms with Crippen LogP contribution in [0, 0.1) is 20.8 Å². The maximum atomic E-state index is 13.0. The van der Waals surface area contributed by atoms with Crippen molar-refractivity contribution in [2.75, 3.05) is 4.72 Å². The standard InChI is InChI=1S/C21H23N3O2S/c1-14-10-15(2)21(16(3)11-14)27(25,26)23-18-7-4-6-17(12-18)19-13-22-20-8-5-9-24(19)20/h4,6-7,10-13,23H,5,8-9H2,1-3H3. The second kappa shape index (κ2) is 6.53. The monoisotopic (exact) mass is 381 g/mol. The van der Waals surface area contributed by atoms with Crippen LogP contribution in [0.3, 0.4) is 0 Å². The number of benzene rings is 2. The lowest BCUT2D eigenvalue weighted by molar-refractivity contribution is 0.600. The van der Waals surface area contributed by atoms with Crippen LogP contribution in [-0.2, 0) is 23.0 Å². The number of sulfonamides is 1. The summed E-state index contributed by atoms with van der Waals surface area (Å²) in [6.07, 6.45) is 3.98. The summed E-state index contributed by atoms with van der Waals surface area (Å²) in [7, 11) is -3.66. The molecule has 0 saturated heterocycles. The number of rotatable bonds is 4. The highest BCUT2D eigenvalue weighted by Crippen LogP contribution is 2.29. The Morgan fingerprint density at radius 3 is 2.56 bits per heavy atom. The summed E-state index contributed by atoms with van der Waals surface area (Å²) in [5.74, 6) is 1.10. The van der Waals surface area contributed by atoms with E-state index < -0.39 is 10.0 Å². The van der Waals surface area contributed by atoms with Crippen molar-refractivity contribution in [3.8, 4) is 11.3 Å². The van der Waals surface area contributed by atoms with Crippen molar-refractivity contribution >= 4 is 15.7 Å². The molecule has 0 amide bonds. The van der Waals surface area contributed by atoms with E-state index in [4.69, 9.17) is 0 Å². The van der Waals surface area contributed by atoms with Crippen LogP contribution in [0.15, 0.2) is 47.5 Å². The van der Waals surface area contributed by atoms with Gasteiger partial charge in [-0.05, 0) is 50.5 Å². The summed E-state index contributed by atoms with van der Waals surface area (Å²) in [6, 6.07) is 11.3. The van der Waals surface area contributed by atoms with Gasteiger partial charge in [-0.1, -0.05) is 29.8 Å². The fourth-order valence-corrected chi connectivity index (χ4v) is 5.53. The largest absolute Gasteiger partial charge is 0.328 e. The van der Waals surface area contributed by atoms with Gasteiger partial charge >= 0.3 is 0 Å². The van der Waals surface area contributed by atoms with Crippen molar-refractivity contribution in [3.63, 3.8) is 0 Å². The van der Waals surface area contributed by atoms with E-state index in [1.165, 1.54) is 0 Å². The minimum atomic E-state index is -3.66. The van der Waals surface area contributed by atoms with Crippen molar-refractivity contribution < 1.29 is 8.42 Å². The Morgan fingerprint density at radius 2 is 1.81 bits per heavy atom. The maximum Gasteiger partial charge on any atom is 0.262 e. The van der Waals surface area contributed by atoms with Gasteiger partial charge in [-0.15, -0.1) is 0 Å². The first-order valence-electron chi connectivity index (χ1n) is 9.11. The van der Waals surface area contributed by atoms with Crippen LogP contribution in [0.1, 0.15) is 28.9 Å². The summed E-state index contributed by atoms with van der Waals surface area (Å²) in [5, 5.41) is 0. The first kappa shape index (κ1) is 17.8. The van der Waals surface area contributed by atoms with E-state index in [1.54, 1.807) is 6.07 Å². The summed E-state index contributed by atoms with van der Waals surface area (Å²) in [6.45, 7) is 6.60. The van der Waals surface area contributed by atoms with E-state index in [9.17, 15) is 8.42 Å². The average Bonchev–Trinajstić information content (AvgIpc) is 3.16. The lowest BCUT2D eigenvalue weighted by atomic mass is 10.1. The topological polar surface area (TPSA) is 64.0 Å². The van der Waals surface area contributed by atoms with Gasteiger partial charge in [0.1, 0.15) is 5.82 Å². The van der Waals surface area contributed by atoms with Crippen LogP contribution in [0.25, 0.3) is 11.3 Å². The van der Waals surface area contributed by atoms with E-state index in [2.05, 4.69) is 14.3 Å². The molecule has 2 heterocycles. The van der Waals surface area contributed by atoms with Crippen LogP contribution in [0.5, 0.6) is 0 Å². The maximum absolute atomic E-state index is 13.0. The molecular weight excluding hydrogens is 358 g/mol. The third kappa shape index (κ3) is 3.25. The van der Waals surface area contributed by atoms with Crippen molar-refractivity contribution in [1.82, 2.24) is 9.55 Å². The van der Waals surface area contributed by atoms with Crippen molar-refractivity contribution in [1.29, 1.82) is 0 Å². The minimum absolute atomic E-state index is 0.351. The number of hydrogen-bond donors (Lipinski definition) is 1. The number of nitrogens with zero attached hydrogens (tertiary/aromatic N) is 2. The Morgan fingerprint density at radius 1 is 1.07 bits per heavy atom. The molecule has 5 nitrogen and oxygen atoms in total. The molecule has 6 heteroatoms. The zero-order chi connectivity index (χ0) is 19.2. The number of hydrogen-bond acceptors (Lipinski definition) is 3. The molecule has 1 N–H and O–H groups in total. The Hall–Kier alpha value is -2.60. The Balaban J connectivity index is 1.69. The number of fused-ring (bicyclic) bond motifs is 1. The lowest BCUT2D eigenvalue weighted by Crippen LogP contribution is -2.16. The number of nitrogens with one attached hydrogen (secondary N) is 1. The van der Waals surface area contributed by atoms with E-state index in [1.807, 2.05) is 57.3 Å². The van der Waals surface area contributed by atoms with E-state index in [0.29, 0.717) is 10.6 Å². The molecule has 140 valence electrons. The van der Waals surface area contributed by atoms with Gasteiger partial charge in [0.05, 0.1) is 16.8 Å². The molecular formula is C21H23N3O2S. The molecule has 4 rings (SSSR count). The average molecular weight is 382 g/mol. The molecule has 1 aromatic heterocycles. The highest BCUT2D eigenvalue weighted by molar-refractivity contribution is 7.92. The van der Waals surface area contributed by atoms with Crippen LogP contribution in [0.4, 0.5) is 5.69 Å². The number of anilines is 1. The first-order valence-corrected chi connectivity index (χ1v) is 10.6. The molecule has 2 aromatic carbocycles. The van der Waals surface area contributed by atoms with Gasteiger partial charge in [-0.3, -0.25) is 4.72 Å². The van der Waals surface area contributed by atoms with Crippen molar-refractivity contribution in [2.45, 2.75) is 45.1 Å². The predicted octanol–water partition coefficient (Wildman–Crippen LogP) is 4.22. The molecule has 0 fully saturated rings. The Kier molecular flexibility index (Phi) is 4.30. The first-order chi connectivity index (χ1) is 12.8. The highest BCUT2D eigenvalue weighted by atomic mass is 32.2. The van der Waals surface area contributed by atoms with Crippen molar-refractivity contribution in [3.05, 3.63) is 65.1 Å². The molecule has 0 bridgehead atoms. The molecule has 27 heavy (non-hydrogen) atoms. The number of aryl methyl sites for hydroxylation is 4. The molecule has 0 radical (unpaired) electrons.